The molecule has 0 bridgehead atoms. The highest BCUT2D eigenvalue weighted by molar-refractivity contribution is 6.00. The normalized spacial score (nSPS) is 26.5. The first-order valence-electron chi connectivity index (χ1n) is 8.53. The van der Waals surface area contributed by atoms with Gasteiger partial charge < -0.3 is 15.3 Å². The van der Waals surface area contributed by atoms with Crippen molar-refractivity contribution in [3.05, 3.63) is 30.1 Å². The van der Waals surface area contributed by atoms with Gasteiger partial charge in [-0.15, -0.1) is 0 Å². The molecule has 1 unspecified atom stereocenters. The quantitative estimate of drug-likeness (QED) is 0.871. The van der Waals surface area contributed by atoms with E-state index in [4.69, 9.17) is 5.11 Å². The molecule has 2 amide bonds. The summed E-state index contributed by atoms with van der Waals surface area (Å²) in [7, 11) is 0. The molecule has 0 aromatic heterocycles. The Hall–Kier alpha value is -2.44. The topological polar surface area (TPSA) is 86.7 Å². The molecule has 6 nitrogen and oxygen atoms in total. The van der Waals surface area contributed by atoms with E-state index in [0.29, 0.717) is 18.5 Å². The van der Waals surface area contributed by atoms with E-state index in [2.05, 4.69) is 5.32 Å². The summed E-state index contributed by atoms with van der Waals surface area (Å²) in [4.78, 5) is 37.3. The van der Waals surface area contributed by atoms with E-state index >= 15 is 0 Å². The minimum Gasteiger partial charge on any atom is -0.481 e. The number of carboxylic acid groups (broad SMARTS) is 1. The molecule has 134 valence electrons. The number of benzene rings is 1. The molecule has 1 heterocycles. The first kappa shape index (κ1) is 17.4. The molecule has 1 saturated heterocycles. The van der Waals surface area contributed by atoms with E-state index in [1.54, 1.807) is 0 Å². The Morgan fingerprint density at radius 1 is 1.16 bits per heavy atom. The number of hydrogen-bond acceptors (Lipinski definition) is 3. The van der Waals surface area contributed by atoms with Crippen LogP contribution >= 0.6 is 0 Å². The number of nitrogens with zero attached hydrogens (tertiary/aromatic N) is 1. The Morgan fingerprint density at radius 3 is 2.56 bits per heavy atom. The van der Waals surface area contributed by atoms with Gasteiger partial charge in [0, 0.05) is 24.7 Å². The second kappa shape index (κ2) is 7.21. The lowest BCUT2D eigenvalue weighted by atomic mass is 9.85. The van der Waals surface area contributed by atoms with Crippen LogP contribution in [0.2, 0.25) is 0 Å². The standard InChI is InChI=1S/C18H21FN2O4/c19-13-4-6-15(7-5-13)21-10-12(9-16(21)22)17(23)20-14-3-1-2-11(8-14)18(24)25/h4-7,11-12,14H,1-3,8-10H2,(H,20,23)(H,24,25)/t11-,12?,14+/m1/s1. The summed E-state index contributed by atoms with van der Waals surface area (Å²) in [6.07, 6.45) is 2.72. The molecule has 2 aliphatic rings. The molecule has 0 radical (unpaired) electrons. The van der Waals surface area contributed by atoms with Gasteiger partial charge in [-0.1, -0.05) is 6.42 Å². The van der Waals surface area contributed by atoms with Crippen LogP contribution in [-0.2, 0) is 14.4 Å². The van der Waals surface area contributed by atoms with E-state index in [1.165, 1.54) is 29.2 Å². The number of nitrogens with one attached hydrogen (secondary N) is 1. The first-order chi connectivity index (χ1) is 11.9. The monoisotopic (exact) mass is 348 g/mol. The maximum Gasteiger partial charge on any atom is 0.306 e. The summed E-state index contributed by atoms with van der Waals surface area (Å²) in [5.41, 5.74) is 0.574. The number of carboxylic acids is 1. The second-order valence-electron chi connectivity index (χ2n) is 6.79. The van der Waals surface area contributed by atoms with Crippen molar-refractivity contribution in [3.8, 4) is 0 Å². The van der Waals surface area contributed by atoms with Crippen LogP contribution in [0.25, 0.3) is 0 Å². The molecular weight excluding hydrogens is 327 g/mol. The Kier molecular flexibility index (Phi) is 5.01. The first-order valence-corrected chi connectivity index (χ1v) is 8.53. The number of carbonyl (C=O) groups is 3. The summed E-state index contributed by atoms with van der Waals surface area (Å²) < 4.78 is 13.0. The molecule has 2 fully saturated rings. The van der Waals surface area contributed by atoms with Crippen molar-refractivity contribution in [2.75, 3.05) is 11.4 Å². The molecule has 7 heteroatoms. The highest BCUT2D eigenvalue weighted by Gasteiger charge is 2.36. The van der Waals surface area contributed by atoms with Gasteiger partial charge in [0.2, 0.25) is 11.8 Å². The van der Waals surface area contributed by atoms with Gasteiger partial charge in [0.15, 0.2) is 0 Å². The van der Waals surface area contributed by atoms with Crippen LogP contribution in [0, 0.1) is 17.7 Å². The van der Waals surface area contributed by atoms with Crippen molar-refractivity contribution in [3.63, 3.8) is 0 Å². The highest BCUT2D eigenvalue weighted by Crippen LogP contribution is 2.27. The van der Waals surface area contributed by atoms with Crippen LogP contribution in [0.15, 0.2) is 24.3 Å². The third kappa shape index (κ3) is 3.97. The van der Waals surface area contributed by atoms with Crippen molar-refractivity contribution in [2.45, 2.75) is 38.1 Å². The number of amides is 2. The van der Waals surface area contributed by atoms with Crippen molar-refractivity contribution >= 4 is 23.5 Å². The fourth-order valence-electron chi connectivity index (χ4n) is 3.62. The smallest absolute Gasteiger partial charge is 0.306 e. The molecule has 1 aliphatic carbocycles. The predicted octanol–water partition coefficient (Wildman–Crippen LogP) is 1.94. The molecule has 25 heavy (non-hydrogen) atoms. The maximum atomic E-state index is 13.0. The van der Waals surface area contributed by atoms with Gasteiger partial charge >= 0.3 is 5.97 Å². The number of hydrogen-bond donors (Lipinski definition) is 2. The van der Waals surface area contributed by atoms with Gasteiger partial charge in [-0.25, -0.2) is 4.39 Å². The SMILES string of the molecule is O=C(N[C@H]1CCC[C@@H](C(=O)O)C1)C1CC(=O)N(c2ccc(F)cc2)C1. The molecule has 3 atom stereocenters. The van der Waals surface area contributed by atoms with Crippen LogP contribution in [0.4, 0.5) is 10.1 Å². The van der Waals surface area contributed by atoms with Crippen LogP contribution in [0.5, 0.6) is 0 Å². The zero-order valence-corrected chi connectivity index (χ0v) is 13.8. The average molecular weight is 348 g/mol. The Balaban J connectivity index is 1.59. The number of rotatable bonds is 4. The summed E-state index contributed by atoms with van der Waals surface area (Å²) >= 11 is 0. The van der Waals surface area contributed by atoms with Gasteiger partial charge in [0.1, 0.15) is 5.82 Å². The van der Waals surface area contributed by atoms with Gasteiger partial charge in [-0.3, -0.25) is 14.4 Å². The third-order valence-corrected chi connectivity index (χ3v) is 5.00. The maximum absolute atomic E-state index is 13.0. The number of anilines is 1. The van der Waals surface area contributed by atoms with Crippen LogP contribution in [0.1, 0.15) is 32.1 Å². The van der Waals surface area contributed by atoms with Crippen LogP contribution in [0.3, 0.4) is 0 Å². The minimum absolute atomic E-state index is 0.109. The van der Waals surface area contributed by atoms with E-state index in [0.717, 1.165) is 12.8 Å². The zero-order valence-electron chi connectivity index (χ0n) is 13.8. The molecule has 1 aliphatic heterocycles. The van der Waals surface area contributed by atoms with Crippen LogP contribution in [-0.4, -0.2) is 35.5 Å². The van der Waals surface area contributed by atoms with Crippen LogP contribution < -0.4 is 10.2 Å². The lowest BCUT2D eigenvalue weighted by Gasteiger charge is -2.28. The van der Waals surface area contributed by atoms with Crippen molar-refractivity contribution in [1.29, 1.82) is 0 Å². The zero-order chi connectivity index (χ0) is 18.0. The van der Waals surface area contributed by atoms with Crippen molar-refractivity contribution in [2.24, 2.45) is 11.8 Å². The van der Waals surface area contributed by atoms with Gasteiger partial charge in [-0.05, 0) is 43.5 Å². The lowest BCUT2D eigenvalue weighted by molar-refractivity contribution is -0.143. The summed E-state index contributed by atoms with van der Waals surface area (Å²) in [5.74, 6) is -2.47. The second-order valence-corrected chi connectivity index (χ2v) is 6.79. The van der Waals surface area contributed by atoms with Gasteiger partial charge in [-0.2, -0.15) is 0 Å². The number of carbonyl (C=O) groups excluding carboxylic acids is 2. The number of aliphatic carboxylic acids is 1. The molecule has 2 N–H and O–H groups in total. The summed E-state index contributed by atoms with van der Waals surface area (Å²) in [6.45, 7) is 0.255. The Bertz CT molecular complexity index is 676. The largest absolute Gasteiger partial charge is 0.481 e. The number of halogens is 1. The Labute approximate surface area is 145 Å². The summed E-state index contributed by atoms with van der Waals surface area (Å²) in [5, 5.41) is 12.0. The average Bonchev–Trinajstić information content (AvgIpc) is 2.98. The van der Waals surface area contributed by atoms with Crippen molar-refractivity contribution < 1.29 is 23.9 Å². The lowest BCUT2D eigenvalue weighted by Crippen LogP contribution is -2.43. The molecule has 0 spiro atoms. The summed E-state index contributed by atoms with van der Waals surface area (Å²) in [6, 6.07) is 5.45. The molecule has 1 aromatic carbocycles. The molecule has 1 aromatic rings. The molecular formula is C18H21FN2O4. The van der Waals surface area contributed by atoms with E-state index < -0.39 is 17.8 Å². The molecule has 1 saturated carbocycles. The fourth-order valence-corrected chi connectivity index (χ4v) is 3.62. The van der Waals surface area contributed by atoms with Gasteiger partial charge in [0.25, 0.3) is 0 Å². The van der Waals surface area contributed by atoms with E-state index in [9.17, 15) is 18.8 Å². The molecule has 3 rings (SSSR count). The van der Waals surface area contributed by atoms with E-state index in [-0.39, 0.29) is 36.6 Å². The van der Waals surface area contributed by atoms with Crippen molar-refractivity contribution in [1.82, 2.24) is 5.32 Å². The van der Waals surface area contributed by atoms with E-state index in [1.807, 2.05) is 0 Å². The highest BCUT2D eigenvalue weighted by atomic mass is 19.1. The third-order valence-electron chi connectivity index (χ3n) is 5.00. The Morgan fingerprint density at radius 2 is 1.88 bits per heavy atom. The van der Waals surface area contributed by atoms with Gasteiger partial charge in [0.05, 0.1) is 11.8 Å². The predicted molar refractivity (Wildman–Crippen MR) is 88.4 cm³/mol. The minimum atomic E-state index is -0.822. The fraction of sp³-hybridized carbons (Fsp3) is 0.500.